The molecule has 1 aromatic heterocycles. The summed E-state index contributed by atoms with van der Waals surface area (Å²) in [4.78, 5) is 12.4. The van der Waals surface area contributed by atoms with E-state index in [1.807, 2.05) is 0 Å². The maximum atomic E-state index is 12.4. The molecule has 1 N–H and O–H groups in total. The first kappa shape index (κ1) is 16.8. The zero-order chi connectivity index (χ0) is 16.9. The Hall–Kier alpha value is -2.05. The van der Waals surface area contributed by atoms with Crippen molar-refractivity contribution in [2.45, 2.75) is 31.9 Å². The molecule has 1 aliphatic rings. The number of rotatable bonds is 5. The smallest absolute Gasteiger partial charge is 0.259 e. The summed E-state index contributed by atoms with van der Waals surface area (Å²) < 4.78 is 12.7. The molecule has 128 valence electrons. The molecule has 1 aromatic carbocycles. The second-order valence-corrected chi connectivity index (χ2v) is 6.17. The molecule has 24 heavy (non-hydrogen) atoms. The second-order valence-electron chi connectivity index (χ2n) is 5.74. The molecule has 0 spiro atoms. The number of nitrogens with zero attached hydrogens (tertiary/aromatic N) is 2. The number of benzene rings is 1. The van der Waals surface area contributed by atoms with E-state index in [1.54, 1.807) is 35.3 Å². The van der Waals surface area contributed by atoms with Gasteiger partial charge in [-0.25, -0.2) is 0 Å². The Morgan fingerprint density at radius 3 is 3.12 bits per heavy atom. The Balaban J connectivity index is 1.66. The van der Waals surface area contributed by atoms with Gasteiger partial charge in [0.15, 0.2) is 0 Å². The predicted octanol–water partition coefficient (Wildman–Crippen LogP) is 3.37. The van der Waals surface area contributed by atoms with E-state index in [0.717, 1.165) is 19.4 Å². The van der Waals surface area contributed by atoms with Crippen LogP contribution >= 0.6 is 11.6 Å². The molecule has 1 unspecified atom stereocenters. The van der Waals surface area contributed by atoms with E-state index in [-0.39, 0.29) is 12.0 Å². The van der Waals surface area contributed by atoms with Crippen LogP contribution in [0.5, 0.6) is 5.75 Å². The maximum Gasteiger partial charge on any atom is 0.259 e. The van der Waals surface area contributed by atoms with Gasteiger partial charge in [0.2, 0.25) is 0 Å². The number of anilines is 1. The summed E-state index contributed by atoms with van der Waals surface area (Å²) in [5, 5.41) is 7.58. The Kier molecular flexibility index (Phi) is 5.37. The monoisotopic (exact) mass is 349 g/mol. The van der Waals surface area contributed by atoms with Crippen LogP contribution in [0, 0.1) is 0 Å². The van der Waals surface area contributed by atoms with Gasteiger partial charge in [-0.1, -0.05) is 11.6 Å². The molecule has 1 saturated heterocycles. The van der Waals surface area contributed by atoms with E-state index in [4.69, 9.17) is 21.1 Å². The fourth-order valence-electron chi connectivity index (χ4n) is 2.74. The van der Waals surface area contributed by atoms with Gasteiger partial charge in [-0.15, -0.1) is 0 Å². The highest BCUT2D eigenvalue weighted by molar-refractivity contribution is 6.31. The molecule has 3 rings (SSSR count). The fraction of sp³-hybridized carbons (Fsp3) is 0.412. The molecule has 0 saturated carbocycles. The van der Waals surface area contributed by atoms with Crippen LogP contribution in [0.15, 0.2) is 30.6 Å². The minimum Gasteiger partial charge on any atom is -0.496 e. The zero-order valence-corrected chi connectivity index (χ0v) is 14.3. The van der Waals surface area contributed by atoms with Gasteiger partial charge in [0.05, 0.1) is 37.2 Å². The van der Waals surface area contributed by atoms with Crippen molar-refractivity contribution in [1.82, 2.24) is 9.78 Å². The van der Waals surface area contributed by atoms with Crippen molar-refractivity contribution in [3.05, 3.63) is 41.2 Å². The Morgan fingerprint density at radius 1 is 1.50 bits per heavy atom. The molecule has 1 atom stereocenters. The molecule has 0 aliphatic carbocycles. The topological polar surface area (TPSA) is 65.4 Å². The first-order chi connectivity index (χ1) is 11.7. The normalized spacial score (nSPS) is 17.5. The lowest BCUT2D eigenvalue weighted by Gasteiger charge is -2.22. The van der Waals surface area contributed by atoms with Crippen molar-refractivity contribution < 1.29 is 14.3 Å². The number of methoxy groups -OCH3 is 1. The van der Waals surface area contributed by atoms with Crippen LogP contribution in [0.3, 0.4) is 0 Å². The van der Waals surface area contributed by atoms with Crippen molar-refractivity contribution >= 4 is 23.2 Å². The van der Waals surface area contributed by atoms with E-state index >= 15 is 0 Å². The predicted molar refractivity (Wildman–Crippen MR) is 91.8 cm³/mol. The highest BCUT2D eigenvalue weighted by atomic mass is 35.5. The van der Waals surface area contributed by atoms with Crippen LogP contribution in [-0.2, 0) is 11.3 Å². The van der Waals surface area contributed by atoms with E-state index in [9.17, 15) is 4.79 Å². The highest BCUT2D eigenvalue weighted by Crippen LogP contribution is 2.24. The molecule has 1 amide bonds. The molecule has 0 bridgehead atoms. The summed E-state index contributed by atoms with van der Waals surface area (Å²) in [6.07, 6.45) is 6.96. The summed E-state index contributed by atoms with van der Waals surface area (Å²) in [5.41, 5.74) is 1.01. The molecule has 1 fully saturated rings. The number of nitrogens with one attached hydrogen (secondary N) is 1. The fourth-order valence-corrected chi connectivity index (χ4v) is 2.92. The van der Waals surface area contributed by atoms with Gasteiger partial charge < -0.3 is 14.8 Å². The Bertz CT molecular complexity index is 711. The van der Waals surface area contributed by atoms with Crippen molar-refractivity contribution in [2.24, 2.45) is 0 Å². The largest absolute Gasteiger partial charge is 0.496 e. The van der Waals surface area contributed by atoms with Crippen molar-refractivity contribution in [3.8, 4) is 5.75 Å². The number of aromatic nitrogens is 2. The summed E-state index contributed by atoms with van der Waals surface area (Å²) in [6, 6.07) is 4.93. The third-order valence-electron chi connectivity index (χ3n) is 3.96. The summed E-state index contributed by atoms with van der Waals surface area (Å²) in [7, 11) is 1.52. The summed E-state index contributed by atoms with van der Waals surface area (Å²) in [6.45, 7) is 1.50. The lowest BCUT2D eigenvalue weighted by molar-refractivity contribution is 0.00401. The highest BCUT2D eigenvalue weighted by Gasteiger charge is 2.16. The van der Waals surface area contributed by atoms with Crippen LogP contribution in [0.1, 0.15) is 29.6 Å². The van der Waals surface area contributed by atoms with E-state index in [2.05, 4.69) is 10.4 Å². The lowest BCUT2D eigenvalue weighted by Crippen LogP contribution is -2.24. The van der Waals surface area contributed by atoms with Crippen LogP contribution in [0.25, 0.3) is 0 Å². The first-order valence-electron chi connectivity index (χ1n) is 7.94. The average molecular weight is 350 g/mol. The standard InChI is InChI=1S/C17H20ClN3O3/c1-23-16-6-5-12(18)8-15(16)17(22)20-13-9-19-21(10-13)11-14-4-2-3-7-24-14/h5-6,8-10,14H,2-4,7,11H2,1H3,(H,20,22). The van der Waals surface area contributed by atoms with Gasteiger partial charge in [-0.3, -0.25) is 9.48 Å². The zero-order valence-electron chi connectivity index (χ0n) is 13.5. The minimum absolute atomic E-state index is 0.190. The SMILES string of the molecule is COc1ccc(Cl)cc1C(=O)Nc1cnn(CC2CCCCO2)c1. The van der Waals surface area contributed by atoms with Gasteiger partial charge in [0.25, 0.3) is 5.91 Å². The van der Waals surface area contributed by atoms with E-state index in [1.165, 1.54) is 13.5 Å². The molecular weight excluding hydrogens is 330 g/mol. The molecule has 6 nitrogen and oxygen atoms in total. The van der Waals surface area contributed by atoms with E-state index < -0.39 is 0 Å². The number of hydrogen-bond acceptors (Lipinski definition) is 4. The number of carbonyl (C=O) groups is 1. The lowest BCUT2D eigenvalue weighted by atomic mass is 10.1. The molecular formula is C17H20ClN3O3. The number of ether oxygens (including phenoxy) is 2. The van der Waals surface area contributed by atoms with Crippen molar-refractivity contribution in [2.75, 3.05) is 19.0 Å². The van der Waals surface area contributed by atoms with Crippen LogP contribution in [0.2, 0.25) is 5.02 Å². The third-order valence-corrected chi connectivity index (χ3v) is 4.20. The average Bonchev–Trinajstić information content (AvgIpc) is 3.02. The second kappa shape index (κ2) is 7.68. The molecule has 2 aromatic rings. The van der Waals surface area contributed by atoms with Gasteiger partial charge >= 0.3 is 0 Å². The summed E-state index contributed by atoms with van der Waals surface area (Å²) in [5.74, 6) is 0.183. The van der Waals surface area contributed by atoms with Gasteiger partial charge in [0.1, 0.15) is 5.75 Å². The maximum absolute atomic E-state index is 12.4. The third kappa shape index (κ3) is 4.07. The first-order valence-corrected chi connectivity index (χ1v) is 8.32. The van der Waals surface area contributed by atoms with Crippen LogP contribution in [-0.4, -0.2) is 35.5 Å². The van der Waals surface area contributed by atoms with Gasteiger partial charge in [-0.05, 0) is 37.5 Å². The van der Waals surface area contributed by atoms with Crippen molar-refractivity contribution in [1.29, 1.82) is 0 Å². The number of carbonyl (C=O) groups excluding carboxylic acids is 1. The molecule has 2 heterocycles. The molecule has 1 aliphatic heterocycles. The van der Waals surface area contributed by atoms with Crippen LogP contribution in [0.4, 0.5) is 5.69 Å². The molecule has 7 heteroatoms. The van der Waals surface area contributed by atoms with Crippen molar-refractivity contribution in [3.63, 3.8) is 0 Å². The van der Waals surface area contributed by atoms with Gasteiger partial charge in [-0.2, -0.15) is 5.10 Å². The number of hydrogen-bond donors (Lipinski definition) is 1. The number of halogens is 1. The quantitative estimate of drug-likeness (QED) is 0.898. The van der Waals surface area contributed by atoms with Crippen LogP contribution < -0.4 is 10.1 Å². The minimum atomic E-state index is -0.289. The Morgan fingerprint density at radius 2 is 2.38 bits per heavy atom. The van der Waals surface area contributed by atoms with E-state index in [0.29, 0.717) is 28.6 Å². The van der Waals surface area contributed by atoms with Gasteiger partial charge in [0, 0.05) is 17.8 Å². The number of amides is 1. The Labute approximate surface area is 145 Å². The summed E-state index contributed by atoms with van der Waals surface area (Å²) >= 11 is 5.97. The molecule has 0 radical (unpaired) electrons.